The normalized spacial score (nSPS) is 18.2. The van der Waals surface area contributed by atoms with E-state index < -0.39 is 0 Å². The highest BCUT2D eigenvalue weighted by Gasteiger charge is 2.14. The number of nitrogens with zero attached hydrogens (tertiary/aromatic N) is 1. The number of halogens is 1. The molecular formula is C18H26IN3OS. The molecule has 0 saturated carbocycles. The summed E-state index contributed by atoms with van der Waals surface area (Å²) in [5.41, 5.74) is 0.954. The van der Waals surface area contributed by atoms with Crippen molar-refractivity contribution in [3.63, 3.8) is 0 Å². The van der Waals surface area contributed by atoms with Crippen molar-refractivity contribution >= 4 is 52.7 Å². The van der Waals surface area contributed by atoms with Gasteiger partial charge in [-0.05, 0) is 37.7 Å². The minimum absolute atomic E-state index is 0. The fraction of sp³-hybridized carbons (Fsp3) is 0.500. The van der Waals surface area contributed by atoms with Crippen LogP contribution in [0.5, 0.6) is 0 Å². The maximum atomic E-state index is 5.85. The molecule has 1 saturated heterocycles. The largest absolute Gasteiger partial charge is 0.461 e. The number of nitrogens with one attached hydrogen (secondary N) is 2. The molecule has 1 fully saturated rings. The summed E-state index contributed by atoms with van der Waals surface area (Å²) in [5, 5.41) is 8.06. The number of thioether (sulfide) groups is 1. The lowest BCUT2D eigenvalue weighted by atomic mass is 10.2. The first-order valence-electron chi connectivity index (χ1n) is 8.45. The second-order valence-corrected chi connectivity index (χ2v) is 6.97. The lowest BCUT2D eigenvalue weighted by Crippen LogP contribution is -2.45. The molecule has 3 rings (SSSR count). The van der Waals surface area contributed by atoms with Crippen LogP contribution in [0, 0.1) is 0 Å². The van der Waals surface area contributed by atoms with Crippen LogP contribution >= 0.6 is 35.7 Å². The molecule has 0 spiro atoms. The smallest absolute Gasteiger partial charge is 0.191 e. The number of fused-ring (bicyclic) bond motifs is 1. The van der Waals surface area contributed by atoms with E-state index in [1.807, 2.05) is 30.0 Å². The molecule has 24 heavy (non-hydrogen) atoms. The molecule has 132 valence electrons. The quantitative estimate of drug-likeness (QED) is 0.403. The molecule has 1 aromatic heterocycles. The van der Waals surface area contributed by atoms with Crippen LogP contribution < -0.4 is 10.6 Å². The van der Waals surface area contributed by atoms with E-state index >= 15 is 0 Å². The fourth-order valence-corrected chi connectivity index (χ4v) is 3.88. The highest BCUT2D eigenvalue weighted by molar-refractivity contribution is 14.0. The van der Waals surface area contributed by atoms with Gasteiger partial charge in [0.2, 0.25) is 0 Å². The summed E-state index contributed by atoms with van der Waals surface area (Å²) in [6.07, 6.45) is 3.35. The van der Waals surface area contributed by atoms with Gasteiger partial charge in [0.15, 0.2) is 5.96 Å². The van der Waals surface area contributed by atoms with Gasteiger partial charge in [-0.3, -0.25) is 4.99 Å². The van der Waals surface area contributed by atoms with E-state index in [4.69, 9.17) is 9.41 Å². The lowest BCUT2D eigenvalue weighted by Gasteiger charge is -2.24. The molecule has 1 aromatic carbocycles. The summed E-state index contributed by atoms with van der Waals surface area (Å²) in [6.45, 7) is 3.72. The molecule has 0 aliphatic carbocycles. The van der Waals surface area contributed by atoms with E-state index in [1.165, 1.54) is 24.3 Å². The van der Waals surface area contributed by atoms with E-state index in [1.54, 1.807) is 0 Å². The Morgan fingerprint density at radius 2 is 2.25 bits per heavy atom. The molecule has 4 nitrogen and oxygen atoms in total. The Morgan fingerprint density at radius 1 is 1.38 bits per heavy atom. The van der Waals surface area contributed by atoms with E-state index in [9.17, 15) is 0 Å². The van der Waals surface area contributed by atoms with Gasteiger partial charge in [-0.1, -0.05) is 18.2 Å². The van der Waals surface area contributed by atoms with Gasteiger partial charge in [0.1, 0.15) is 11.3 Å². The van der Waals surface area contributed by atoms with Gasteiger partial charge in [0.05, 0.1) is 0 Å². The average Bonchev–Trinajstić information content (AvgIpc) is 2.98. The Kier molecular flexibility index (Phi) is 8.24. The van der Waals surface area contributed by atoms with Gasteiger partial charge in [0.25, 0.3) is 0 Å². The third kappa shape index (κ3) is 5.58. The van der Waals surface area contributed by atoms with E-state index in [2.05, 4.69) is 29.7 Å². The SMILES string of the molecule is CCNC(=NCCc1cc2ccccc2o1)NC1CCCSC1.I. The maximum absolute atomic E-state index is 5.85. The number of furan rings is 1. The zero-order chi connectivity index (χ0) is 15.9. The average molecular weight is 459 g/mol. The van der Waals surface area contributed by atoms with Crippen molar-refractivity contribution in [2.45, 2.75) is 32.2 Å². The number of hydrogen-bond donors (Lipinski definition) is 2. The summed E-state index contributed by atoms with van der Waals surface area (Å²) in [5.74, 6) is 4.39. The van der Waals surface area contributed by atoms with Crippen LogP contribution in [-0.4, -0.2) is 36.6 Å². The minimum atomic E-state index is 0. The van der Waals surface area contributed by atoms with Gasteiger partial charge >= 0.3 is 0 Å². The molecule has 2 aromatic rings. The van der Waals surface area contributed by atoms with Gasteiger partial charge in [-0.25, -0.2) is 0 Å². The first kappa shape index (κ1) is 19.4. The second-order valence-electron chi connectivity index (χ2n) is 5.82. The van der Waals surface area contributed by atoms with E-state index in [0.717, 1.165) is 42.2 Å². The molecule has 0 radical (unpaired) electrons. The molecule has 2 N–H and O–H groups in total. The monoisotopic (exact) mass is 459 g/mol. The van der Waals surface area contributed by atoms with Gasteiger partial charge in [-0.15, -0.1) is 24.0 Å². The standard InChI is InChI=1S/C18H25N3OS.HI/c1-2-19-18(21-15-7-5-11-23-13-15)20-10-9-16-12-14-6-3-4-8-17(14)22-16;/h3-4,6,8,12,15H,2,5,7,9-11,13H2,1H3,(H2,19,20,21);1H. The summed E-state index contributed by atoms with van der Waals surface area (Å²) in [7, 11) is 0. The van der Waals surface area contributed by atoms with Crippen LogP contribution in [0.2, 0.25) is 0 Å². The van der Waals surface area contributed by atoms with Gasteiger partial charge in [0, 0.05) is 36.7 Å². The van der Waals surface area contributed by atoms with E-state index in [-0.39, 0.29) is 24.0 Å². The Morgan fingerprint density at radius 3 is 3.00 bits per heavy atom. The second kappa shape index (κ2) is 10.2. The lowest BCUT2D eigenvalue weighted by molar-refractivity contribution is 0.548. The number of rotatable bonds is 5. The van der Waals surface area contributed by atoms with Crippen LogP contribution in [0.25, 0.3) is 11.0 Å². The molecule has 0 amide bonds. The maximum Gasteiger partial charge on any atom is 0.191 e. The number of aliphatic imine (C=N–C) groups is 1. The number of guanidine groups is 1. The third-order valence-corrected chi connectivity index (χ3v) is 5.17. The number of benzene rings is 1. The summed E-state index contributed by atoms with van der Waals surface area (Å²) >= 11 is 2.03. The molecule has 6 heteroatoms. The minimum Gasteiger partial charge on any atom is -0.461 e. The molecule has 0 bridgehead atoms. The summed E-state index contributed by atoms with van der Waals surface area (Å²) in [6, 6.07) is 10.8. The van der Waals surface area contributed by atoms with Crippen LogP contribution in [0.15, 0.2) is 39.7 Å². The van der Waals surface area contributed by atoms with Crippen molar-refractivity contribution in [2.75, 3.05) is 24.6 Å². The first-order chi connectivity index (χ1) is 11.3. The zero-order valence-electron chi connectivity index (χ0n) is 14.1. The van der Waals surface area contributed by atoms with Crippen molar-refractivity contribution in [1.82, 2.24) is 10.6 Å². The Hall–Kier alpha value is -0.890. The number of para-hydroxylation sites is 1. The van der Waals surface area contributed by atoms with Crippen LogP contribution in [0.4, 0.5) is 0 Å². The Labute approximate surface area is 165 Å². The zero-order valence-corrected chi connectivity index (χ0v) is 17.2. The van der Waals surface area contributed by atoms with Crippen molar-refractivity contribution in [2.24, 2.45) is 4.99 Å². The predicted molar refractivity (Wildman–Crippen MR) is 115 cm³/mol. The molecule has 2 heterocycles. The molecule has 1 unspecified atom stereocenters. The van der Waals surface area contributed by atoms with Crippen LogP contribution in [-0.2, 0) is 6.42 Å². The topological polar surface area (TPSA) is 49.6 Å². The van der Waals surface area contributed by atoms with Crippen LogP contribution in [0.1, 0.15) is 25.5 Å². The van der Waals surface area contributed by atoms with E-state index in [0.29, 0.717) is 6.04 Å². The van der Waals surface area contributed by atoms with Crippen molar-refractivity contribution in [3.05, 3.63) is 36.1 Å². The number of hydrogen-bond acceptors (Lipinski definition) is 3. The third-order valence-electron chi connectivity index (χ3n) is 3.95. The van der Waals surface area contributed by atoms with Gasteiger partial charge in [-0.2, -0.15) is 11.8 Å². The molecular weight excluding hydrogens is 433 g/mol. The summed E-state index contributed by atoms with van der Waals surface area (Å²) < 4.78 is 5.85. The molecule has 1 aliphatic rings. The van der Waals surface area contributed by atoms with Crippen molar-refractivity contribution in [1.29, 1.82) is 0 Å². The van der Waals surface area contributed by atoms with Gasteiger partial charge < -0.3 is 15.1 Å². The molecule has 1 aliphatic heterocycles. The Balaban J connectivity index is 0.00000208. The summed E-state index contributed by atoms with van der Waals surface area (Å²) in [4.78, 5) is 4.70. The van der Waals surface area contributed by atoms with Crippen LogP contribution in [0.3, 0.4) is 0 Å². The first-order valence-corrected chi connectivity index (χ1v) is 9.60. The fourth-order valence-electron chi connectivity index (χ4n) is 2.81. The van der Waals surface area contributed by atoms with Crippen molar-refractivity contribution in [3.8, 4) is 0 Å². The Bertz CT molecular complexity index is 620. The predicted octanol–water partition coefficient (Wildman–Crippen LogP) is 4.04. The van der Waals surface area contributed by atoms with Crippen molar-refractivity contribution < 1.29 is 4.42 Å². The highest BCUT2D eigenvalue weighted by atomic mass is 127. The highest BCUT2D eigenvalue weighted by Crippen LogP contribution is 2.19. The molecule has 1 atom stereocenters.